The minimum atomic E-state index is -0.143. The first kappa shape index (κ1) is 12.4. The third kappa shape index (κ3) is 2.08. The molecule has 0 spiro atoms. The van der Waals surface area contributed by atoms with Gasteiger partial charge in [-0.25, -0.2) is 0 Å². The third-order valence-electron chi connectivity index (χ3n) is 4.36. The molecule has 1 fully saturated rings. The van der Waals surface area contributed by atoms with Crippen LogP contribution in [0.4, 0.5) is 0 Å². The maximum atomic E-state index is 11.4. The van der Waals surface area contributed by atoms with E-state index in [0.717, 1.165) is 19.5 Å². The first-order chi connectivity index (χ1) is 9.20. The van der Waals surface area contributed by atoms with E-state index in [9.17, 15) is 4.79 Å². The predicted molar refractivity (Wildman–Crippen MR) is 74.9 cm³/mol. The molecule has 1 heterocycles. The predicted octanol–water partition coefficient (Wildman–Crippen LogP) is 2.44. The molecule has 19 heavy (non-hydrogen) atoms. The van der Waals surface area contributed by atoms with Crippen molar-refractivity contribution in [3.63, 3.8) is 0 Å². The Morgan fingerprint density at radius 3 is 3.00 bits per heavy atom. The molecular weight excluding hydrogens is 238 g/mol. The van der Waals surface area contributed by atoms with Crippen LogP contribution in [0.25, 0.3) is 5.57 Å². The van der Waals surface area contributed by atoms with Gasteiger partial charge in [0.2, 0.25) is 0 Å². The minimum absolute atomic E-state index is 0.143. The van der Waals surface area contributed by atoms with Crippen molar-refractivity contribution in [3.05, 3.63) is 41.0 Å². The van der Waals surface area contributed by atoms with Crippen LogP contribution >= 0.6 is 0 Å². The number of nitrogens with zero attached hydrogens (tertiary/aromatic N) is 1. The fourth-order valence-corrected chi connectivity index (χ4v) is 3.35. The first-order valence-corrected chi connectivity index (χ1v) is 6.79. The molecule has 1 saturated heterocycles. The molecule has 1 aliphatic heterocycles. The molecule has 0 saturated carbocycles. The molecular formula is C16H19NO2. The van der Waals surface area contributed by atoms with Gasteiger partial charge in [0.25, 0.3) is 0 Å². The highest BCUT2D eigenvalue weighted by Crippen LogP contribution is 2.45. The van der Waals surface area contributed by atoms with Crippen LogP contribution in [-0.4, -0.2) is 37.6 Å². The van der Waals surface area contributed by atoms with Gasteiger partial charge in [0.05, 0.1) is 13.7 Å². The molecule has 2 aliphatic rings. The van der Waals surface area contributed by atoms with E-state index in [0.29, 0.717) is 12.5 Å². The number of hydrogen-bond donors (Lipinski definition) is 0. The number of likely N-dealkylation sites (tertiary alicyclic amines) is 1. The number of benzene rings is 1. The molecule has 0 N–H and O–H groups in total. The van der Waals surface area contributed by atoms with Gasteiger partial charge in [-0.15, -0.1) is 0 Å². The van der Waals surface area contributed by atoms with Crippen molar-refractivity contribution in [2.45, 2.75) is 19.3 Å². The molecule has 1 unspecified atom stereocenters. The number of ether oxygens (including phenoxy) is 1. The summed E-state index contributed by atoms with van der Waals surface area (Å²) >= 11 is 0. The minimum Gasteiger partial charge on any atom is -0.468 e. The number of hydrogen-bond acceptors (Lipinski definition) is 3. The largest absolute Gasteiger partial charge is 0.468 e. The van der Waals surface area contributed by atoms with E-state index in [1.165, 1.54) is 23.8 Å². The average molecular weight is 257 g/mol. The molecule has 100 valence electrons. The van der Waals surface area contributed by atoms with Gasteiger partial charge in [-0.05, 0) is 30.0 Å². The highest BCUT2D eigenvalue weighted by atomic mass is 16.5. The van der Waals surface area contributed by atoms with Crippen LogP contribution in [0, 0.1) is 0 Å². The van der Waals surface area contributed by atoms with Crippen LogP contribution in [0.3, 0.4) is 0 Å². The molecule has 3 nitrogen and oxygen atoms in total. The van der Waals surface area contributed by atoms with Crippen LogP contribution in [-0.2, 0) is 9.53 Å². The average Bonchev–Trinajstić information content (AvgIpc) is 2.73. The lowest BCUT2D eigenvalue weighted by atomic mass is 9.90. The number of piperidine rings is 1. The number of esters is 1. The zero-order valence-electron chi connectivity index (χ0n) is 11.5. The van der Waals surface area contributed by atoms with Gasteiger partial charge >= 0.3 is 5.97 Å². The quantitative estimate of drug-likeness (QED) is 0.762. The van der Waals surface area contributed by atoms with E-state index in [1.807, 2.05) is 0 Å². The first-order valence-electron chi connectivity index (χ1n) is 6.79. The summed E-state index contributed by atoms with van der Waals surface area (Å²) < 4.78 is 4.76. The molecule has 3 rings (SSSR count). The second-order valence-electron chi connectivity index (χ2n) is 5.35. The van der Waals surface area contributed by atoms with Crippen LogP contribution in [0.1, 0.15) is 30.4 Å². The van der Waals surface area contributed by atoms with Crippen molar-refractivity contribution in [2.75, 3.05) is 26.7 Å². The zero-order chi connectivity index (χ0) is 13.4. The Morgan fingerprint density at radius 1 is 1.42 bits per heavy atom. The summed E-state index contributed by atoms with van der Waals surface area (Å²) in [5.74, 6) is 0.324. The van der Waals surface area contributed by atoms with Gasteiger partial charge in [-0.3, -0.25) is 9.69 Å². The highest BCUT2D eigenvalue weighted by Gasteiger charge is 2.33. The lowest BCUT2D eigenvalue weighted by Crippen LogP contribution is -2.38. The Morgan fingerprint density at radius 2 is 2.21 bits per heavy atom. The molecule has 0 radical (unpaired) electrons. The van der Waals surface area contributed by atoms with Crippen molar-refractivity contribution in [3.8, 4) is 0 Å². The van der Waals surface area contributed by atoms with Gasteiger partial charge in [0, 0.05) is 19.0 Å². The second kappa shape index (κ2) is 4.82. The Bertz CT molecular complexity index is 547. The Hall–Kier alpha value is -1.61. The normalized spacial score (nSPS) is 22.1. The van der Waals surface area contributed by atoms with Crippen LogP contribution in [0.2, 0.25) is 0 Å². The van der Waals surface area contributed by atoms with Gasteiger partial charge in [0.15, 0.2) is 0 Å². The summed E-state index contributed by atoms with van der Waals surface area (Å²) in [6.07, 6.45) is 1.06. The summed E-state index contributed by atoms with van der Waals surface area (Å²) in [5, 5.41) is 0. The number of carbonyl (C=O) groups is 1. The van der Waals surface area contributed by atoms with E-state index in [4.69, 9.17) is 4.74 Å². The van der Waals surface area contributed by atoms with Crippen molar-refractivity contribution in [2.24, 2.45) is 0 Å². The van der Waals surface area contributed by atoms with Crippen LogP contribution in [0.15, 0.2) is 29.8 Å². The summed E-state index contributed by atoms with van der Waals surface area (Å²) in [5.41, 5.74) is 5.81. The van der Waals surface area contributed by atoms with E-state index in [-0.39, 0.29) is 5.97 Å². The Labute approximate surface area is 113 Å². The third-order valence-corrected chi connectivity index (χ3v) is 4.36. The van der Waals surface area contributed by atoms with Crippen LogP contribution in [0.5, 0.6) is 0 Å². The van der Waals surface area contributed by atoms with Gasteiger partial charge < -0.3 is 4.74 Å². The van der Waals surface area contributed by atoms with Gasteiger partial charge in [0.1, 0.15) is 0 Å². The lowest BCUT2D eigenvalue weighted by molar-refractivity contribution is -0.142. The summed E-state index contributed by atoms with van der Waals surface area (Å²) in [6.45, 7) is 4.51. The fourth-order valence-electron chi connectivity index (χ4n) is 3.35. The Balaban J connectivity index is 1.84. The molecule has 1 aromatic rings. The maximum Gasteiger partial charge on any atom is 0.319 e. The number of rotatable bonds is 2. The van der Waals surface area contributed by atoms with E-state index in [2.05, 4.69) is 36.1 Å². The number of methoxy groups -OCH3 is 1. The van der Waals surface area contributed by atoms with E-state index in [1.54, 1.807) is 5.57 Å². The smallest absolute Gasteiger partial charge is 0.319 e. The molecule has 0 bridgehead atoms. The number of carbonyl (C=O) groups excluding carboxylic acids is 1. The van der Waals surface area contributed by atoms with Crippen molar-refractivity contribution >= 4 is 11.5 Å². The zero-order valence-corrected chi connectivity index (χ0v) is 11.5. The number of allylic oxidation sites excluding steroid dienone is 1. The SMILES string of the molecule is COC(=O)CN1CCC2=C(C)c3ccccc3C2C1. The maximum absolute atomic E-state index is 11.4. The van der Waals surface area contributed by atoms with Crippen molar-refractivity contribution < 1.29 is 9.53 Å². The van der Waals surface area contributed by atoms with Gasteiger partial charge in [-0.1, -0.05) is 29.8 Å². The molecule has 3 heteroatoms. The second-order valence-corrected chi connectivity index (χ2v) is 5.35. The van der Waals surface area contributed by atoms with E-state index >= 15 is 0 Å². The molecule has 1 aliphatic carbocycles. The lowest BCUT2D eigenvalue weighted by Gasteiger charge is -2.32. The van der Waals surface area contributed by atoms with Crippen molar-refractivity contribution in [1.29, 1.82) is 0 Å². The number of fused-ring (bicyclic) bond motifs is 3. The summed E-state index contributed by atoms with van der Waals surface area (Å²) in [4.78, 5) is 13.6. The molecule has 0 amide bonds. The Kier molecular flexibility index (Phi) is 3.15. The standard InChI is InChI=1S/C16H19NO2/c1-11-12-5-3-4-6-14(12)15-9-17(8-7-13(11)15)10-16(18)19-2/h3-6,15H,7-10H2,1-2H3. The molecule has 1 aromatic carbocycles. The molecule has 1 atom stereocenters. The topological polar surface area (TPSA) is 29.5 Å². The highest BCUT2D eigenvalue weighted by molar-refractivity contribution is 5.77. The summed E-state index contributed by atoms with van der Waals surface area (Å²) in [6, 6.07) is 8.64. The molecule has 0 aromatic heterocycles. The van der Waals surface area contributed by atoms with Crippen LogP contribution < -0.4 is 0 Å². The van der Waals surface area contributed by atoms with Crippen molar-refractivity contribution in [1.82, 2.24) is 4.90 Å². The monoisotopic (exact) mass is 257 g/mol. The van der Waals surface area contributed by atoms with E-state index < -0.39 is 0 Å². The summed E-state index contributed by atoms with van der Waals surface area (Å²) in [7, 11) is 1.45. The fraction of sp³-hybridized carbons (Fsp3) is 0.438. The van der Waals surface area contributed by atoms with Gasteiger partial charge in [-0.2, -0.15) is 0 Å².